The number of aryl methyl sites for hydroxylation is 1. The lowest BCUT2D eigenvalue weighted by Crippen LogP contribution is -2.36. The molecule has 0 radical (unpaired) electrons. The first-order valence-corrected chi connectivity index (χ1v) is 10.2. The van der Waals surface area contributed by atoms with Crippen LogP contribution in [-0.2, 0) is 9.59 Å². The number of halogens is 1. The Morgan fingerprint density at radius 1 is 0.939 bits per heavy atom. The van der Waals surface area contributed by atoms with Crippen LogP contribution < -0.4 is 15.6 Å². The Balaban J connectivity index is 1.56. The molecule has 2 N–H and O–H groups in total. The third kappa shape index (κ3) is 5.09. The van der Waals surface area contributed by atoms with Crippen LogP contribution in [0, 0.1) is 12.7 Å². The SMILES string of the molecule is Cc1cccc(N2N=C(C(=O)Nc3cc(F)ccc3NC(=O)c3ccccn3)CCC2=O)c1. The summed E-state index contributed by atoms with van der Waals surface area (Å²) in [6, 6.07) is 15.7. The Morgan fingerprint density at radius 3 is 2.52 bits per heavy atom. The second kappa shape index (κ2) is 9.39. The Morgan fingerprint density at radius 2 is 1.76 bits per heavy atom. The van der Waals surface area contributed by atoms with Crippen LogP contribution in [0.25, 0.3) is 0 Å². The van der Waals surface area contributed by atoms with Crippen molar-refractivity contribution in [2.75, 3.05) is 15.6 Å². The average Bonchev–Trinajstić information content (AvgIpc) is 2.81. The third-order valence-corrected chi connectivity index (χ3v) is 4.92. The minimum Gasteiger partial charge on any atom is -0.319 e. The van der Waals surface area contributed by atoms with Crippen LogP contribution in [0.3, 0.4) is 0 Å². The Kier molecular flexibility index (Phi) is 6.21. The number of hydrogen-bond donors (Lipinski definition) is 2. The fourth-order valence-corrected chi connectivity index (χ4v) is 3.28. The summed E-state index contributed by atoms with van der Waals surface area (Å²) in [5, 5.41) is 10.6. The number of pyridine rings is 1. The van der Waals surface area contributed by atoms with E-state index in [1.54, 1.807) is 30.3 Å². The molecule has 1 aromatic heterocycles. The van der Waals surface area contributed by atoms with Gasteiger partial charge in [0.25, 0.3) is 11.8 Å². The summed E-state index contributed by atoms with van der Waals surface area (Å²) in [5.41, 5.74) is 2.04. The number of carbonyl (C=O) groups excluding carboxylic acids is 3. The number of amides is 3. The normalized spacial score (nSPS) is 13.3. The quantitative estimate of drug-likeness (QED) is 0.622. The van der Waals surface area contributed by atoms with Crippen molar-refractivity contribution in [3.8, 4) is 0 Å². The van der Waals surface area contributed by atoms with E-state index in [0.29, 0.717) is 5.69 Å². The van der Waals surface area contributed by atoms with Crippen LogP contribution >= 0.6 is 0 Å². The predicted molar refractivity (Wildman–Crippen MR) is 123 cm³/mol. The van der Waals surface area contributed by atoms with Gasteiger partial charge in [-0.2, -0.15) is 5.10 Å². The smallest absolute Gasteiger partial charge is 0.274 e. The first-order valence-electron chi connectivity index (χ1n) is 10.2. The highest BCUT2D eigenvalue weighted by Crippen LogP contribution is 2.25. The molecule has 2 aromatic carbocycles. The monoisotopic (exact) mass is 445 g/mol. The van der Waals surface area contributed by atoms with E-state index < -0.39 is 17.6 Å². The lowest BCUT2D eigenvalue weighted by atomic mass is 10.1. The first kappa shape index (κ1) is 21.8. The standard InChI is InChI=1S/C24H20FN5O3/c1-15-5-4-6-17(13-15)30-22(31)11-10-20(29-30)24(33)28-21-14-16(25)8-9-18(21)27-23(32)19-7-2-3-12-26-19/h2-9,12-14H,10-11H2,1H3,(H,27,32)(H,28,33). The van der Waals surface area contributed by atoms with Gasteiger partial charge in [0.05, 0.1) is 17.1 Å². The van der Waals surface area contributed by atoms with Crippen LogP contribution in [0.5, 0.6) is 0 Å². The molecule has 166 valence electrons. The summed E-state index contributed by atoms with van der Waals surface area (Å²) >= 11 is 0. The molecule has 2 heterocycles. The van der Waals surface area contributed by atoms with E-state index in [2.05, 4.69) is 20.7 Å². The fourth-order valence-electron chi connectivity index (χ4n) is 3.28. The highest BCUT2D eigenvalue weighted by Gasteiger charge is 2.26. The number of hydrogen-bond acceptors (Lipinski definition) is 5. The van der Waals surface area contributed by atoms with Gasteiger partial charge >= 0.3 is 0 Å². The molecule has 3 aromatic rings. The maximum Gasteiger partial charge on any atom is 0.274 e. The van der Waals surface area contributed by atoms with Crippen molar-refractivity contribution in [3.63, 3.8) is 0 Å². The topological polar surface area (TPSA) is 104 Å². The van der Waals surface area contributed by atoms with E-state index in [1.807, 2.05) is 13.0 Å². The van der Waals surface area contributed by atoms with Crippen molar-refractivity contribution < 1.29 is 18.8 Å². The second-order valence-corrected chi connectivity index (χ2v) is 7.40. The molecule has 4 rings (SSSR count). The van der Waals surface area contributed by atoms with Gasteiger partial charge in [-0.25, -0.2) is 9.40 Å². The molecule has 1 aliphatic heterocycles. The van der Waals surface area contributed by atoms with Gasteiger partial charge in [0.2, 0.25) is 5.91 Å². The van der Waals surface area contributed by atoms with Gasteiger partial charge in [0.15, 0.2) is 0 Å². The molecule has 0 atom stereocenters. The third-order valence-electron chi connectivity index (χ3n) is 4.92. The van der Waals surface area contributed by atoms with Crippen LogP contribution in [0.15, 0.2) is 72.0 Å². The second-order valence-electron chi connectivity index (χ2n) is 7.40. The van der Waals surface area contributed by atoms with Crippen LogP contribution in [0.2, 0.25) is 0 Å². The molecule has 0 saturated heterocycles. The van der Waals surface area contributed by atoms with Gasteiger partial charge in [-0.1, -0.05) is 18.2 Å². The van der Waals surface area contributed by atoms with Crippen molar-refractivity contribution in [2.24, 2.45) is 5.10 Å². The van der Waals surface area contributed by atoms with Gasteiger partial charge in [0.1, 0.15) is 17.2 Å². The maximum atomic E-state index is 13.9. The largest absolute Gasteiger partial charge is 0.319 e. The number of rotatable bonds is 5. The molecule has 3 amide bonds. The lowest BCUT2D eigenvalue weighted by Gasteiger charge is -2.23. The number of anilines is 3. The van der Waals surface area contributed by atoms with Gasteiger partial charge in [-0.05, 0) is 55.0 Å². The Hall–Kier alpha value is -4.40. The molecule has 9 heteroatoms. The molecular weight excluding hydrogens is 425 g/mol. The zero-order chi connectivity index (χ0) is 23.4. The molecular formula is C24H20FN5O3. The zero-order valence-corrected chi connectivity index (χ0v) is 17.7. The van der Waals surface area contributed by atoms with Crippen LogP contribution in [0.4, 0.5) is 21.5 Å². The number of carbonyl (C=O) groups is 3. The summed E-state index contributed by atoms with van der Waals surface area (Å²) in [5.74, 6) is -1.93. The molecule has 1 aliphatic rings. The molecule has 33 heavy (non-hydrogen) atoms. The summed E-state index contributed by atoms with van der Waals surface area (Å²) in [6.45, 7) is 1.89. The van der Waals surface area contributed by atoms with Crippen molar-refractivity contribution >= 4 is 40.5 Å². The molecule has 0 bridgehead atoms. The van der Waals surface area contributed by atoms with E-state index in [4.69, 9.17) is 0 Å². The average molecular weight is 445 g/mol. The van der Waals surface area contributed by atoms with E-state index in [1.165, 1.54) is 29.4 Å². The highest BCUT2D eigenvalue weighted by molar-refractivity contribution is 6.44. The number of nitrogens with one attached hydrogen (secondary N) is 2. The van der Waals surface area contributed by atoms with Crippen molar-refractivity contribution in [1.82, 2.24) is 4.98 Å². The predicted octanol–water partition coefficient (Wildman–Crippen LogP) is 3.90. The summed E-state index contributed by atoms with van der Waals surface area (Å²) in [4.78, 5) is 41.7. The lowest BCUT2D eigenvalue weighted by molar-refractivity contribution is -0.118. The molecule has 8 nitrogen and oxygen atoms in total. The zero-order valence-electron chi connectivity index (χ0n) is 17.7. The number of aromatic nitrogens is 1. The van der Waals surface area contributed by atoms with Crippen LogP contribution in [-0.4, -0.2) is 28.4 Å². The van der Waals surface area contributed by atoms with E-state index in [9.17, 15) is 18.8 Å². The van der Waals surface area contributed by atoms with Crippen molar-refractivity contribution in [3.05, 3.63) is 83.9 Å². The van der Waals surface area contributed by atoms with Gasteiger partial charge in [0, 0.05) is 19.0 Å². The van der Waals surface area contributed by atoms with Gasteiger partial charge in [-0.15, -0.1) is 0 Å². The number of nitrogens with zero attached hydrogens (tertiary/aromatic N) is 3. The molecule has 0 aliphatic carbocycles. The molecule has 0 unspecified atom stereocenters. The maximum absolute atomic E-state index is 13.9. The van der Waals surface area contributed by atoms with Crippen LogP contribution in [0.1, 0.15) is 28.9 Å². The summed E-state index contributed by atoms with van der Waals surface area (Å²) in [6.07, 6.45) is 1.72. The van der Waals surface area contributed by atoms with Crippen molar-refractivity contribution in [2.45, 2.75) is 19.8 Å². The molecule has 0 fully saturated rings. The number of benzene rings is 2. The van der Waals surface area contributed by atoms with E-state index in [-0.39, 0.29) is 41.5 Å². The summed E-state index contributed by atoms with van der Waals surface area (Å²) in [7, 11) is 0. The van der Waals surface area contributed by atoms with E-state index in [0.717, 1.165) is 11.6 Å². The minimum absolute atomic E-state index is 0.0611. The van der Waals surface area contributed by atoms with Gasteiger partial charge < -0.3 is 10.6 Å². The Labute approximate surface area is 189 Å². The van der Waals surface area contributed by atoms with E-state index >= 15 is 0 Å². The first-order chi connectivity index (χ1) is 15.9. The highest BCUT2D eigenvalue weighted by atomic mass is 19.1. The minimum atomic E-state index is -0.598. The summed E-state index contributed by atoms with van der Waals surface area (Å²) < 4.78 is 13.9. The molecule has 0 spiro atoms. The fraction of sp³-hybridized carbons (Fsp3) is 0.125. The van der Waals surface area contributed by atoms with Gasteiger partial charge in [-0.3, -0.25) is 19.4 Å². The number of hydrazone groups is 1. The molecule has 0 saturated carbocycles. The Bertz CT molecular complexity index is 1260. The van der Waals surface area contributed by atoms with Crippen molar-refractivity contribution in [1.29, 1.82) is 0 Å².